The zero-order chi connectivity index (χ0) is 14.5. The van der Waals surface area contributed by atoms with Gasteiger partial charge in [0.25, 0.3) is 5.91 Å². The number of esters is 1. The summed E-state index contributed by atoms with van der Waals surface area (Å²) in [7, 11) is 1.35. The van der Waals surface area contributed by atoms with E-state index in [2.05, 4.69) is 10.1 Å². The maximum Gasteiger partial charge on any atom is 0.307 e. The largest absolute Gasteiger partial charge is 0.469 e. The van der Waals surface area contributed by atoms with Crippen molar-refractivity contribution >= 4 is 34.6 Å². The Morgan fingerprint density at radius 1 is 1.35 bits per heavy atom. The van der Waals surface area contributed by atoms with E-state index in [1.165, 1.54) is 29.8 Å². The molecular weight excluding hydrogens is 294 g/mol. The van der Waals surface area contributed by atoms with Crippen molar-refractivity contribution in [3.8, 4) is 0 Å². The fourth-order valence-electron chi connectivity index (χ4n) is 1.75. The van der Waals surface area contributed by atoms with Crippen LogP contribution >= 0.6 is 22.7 Å². The summed E-state index contributed by atoms with van der Waals surface area (Å²) in [6.07, 6.45) is 0.132. The first-order valence-electron chi connectivity index (χ1n) is 6.07. The molecule has 0 fully saturated rings. The molecule has 2 heterocycles. The summed E-state index contributed by atoms with van der Waals surface area (Å²) in [6, 6.07) is 7.14. The Kier molecular flexibility index (Phi) is 4.92. The number of carbonyl (C=O) groups excluding carboxylic acids is 2. The zero-order valence-electron chi connectivity index (χ0n) is 11.2. The summed E-state index contributed by atoms with van der Waals surface area (Å²) < 4.78 is 4.69. The molecule has 0 saturated carbocycles. The van der Waals surface area contributed by atoms with Crippen LogP contribution < -0.4 is 5.32 Å². The van der Waals surface area contributed by atoms with Crippen molar-refractivity contribution in [1.29, 1.82) is 0 Å². The summed E-state index contributed by atoms with van der Waals surface area (Å²) in [6.45, 7) is 1.95. The number of aryl methyl sites for hydroxylation is 1. The van der Waals surface area contributed by atoms with Crippen LogP contribution in [0.2, 0.25) is 0 Å². The molecule has 20 heavy (non-hydrogen) atoms. The van der Waals surface area contributed by atoms with Crippen molar-refractivity contribution in [1.82, 2.24) is 5.32 Å². The molecule has 1 N–H and O–H groups in total. The molecule has 0 aliphatic carbocycles. The van der Waals surface area contributed by atoms with E-state index in [-0.39, 0.29) is 24.3 Å². The Balaban J connectivity index is 2.11. The molecular formula is C14H15NO3S2. The minimum Gasteiger partial charge on any atom is -0.469 e. The smallest absolute Gasteiger partial charge is 0.307 e. The van der Waals surface area contributed by atoms with E-state index in [4.69, 9.17) is 0 Å². The molecule has 2 aromatic rings. The Morgan fingerprint density at radius 3 is 2.70 bits per heavy atom. The fourth-order valence-corrected chi connectivity index (χ4v) is 3.30. The number of hydrogen-bond donors (Lipinski definition) is 1. The molecule has 4 nitrogen and oxygen atoms in total. The van der Waals surface area contributed by atoms with Crippen LogP contribution in [0.1, 0.15) is 31.9 Å². The molecule has 0 bridgehead atoms. The third-order valence-corrected chi connectivity index (χ3v) is 4.74. The number of hydrogen-bond acceptors (Lipinski definition) is 5. The van der Waals surface area contributed by atoms with Gasteiger partial charge in [-0.25, -0.2) is 0 Å². The van der Waals surface area contributed by atoms with Gasteiger partial charge in [0, 0.05) is 9.75 Å². The topological polar surface area (TPSA) is 55.4 Å². The maximum absolute atomic E-state index is 12.2. The molecule has 0 spiro atoms. The lowest BCUT2D eigenvalue weighted by molar-refractivity contribution is -0.141. The fraction of sp³-hybridized carbons (Fsp3) is 0.286. The van der Waals surface area contributed by atoms with Gasteiger partial charge in [-0.2, -0.15) is 0 Å². The SMILES string of the molecule is COC(=O)CC(NC(=O)c1ccc(C)s1)c1cccs1. The predicted octanol–water partition coefficient (Wildman–Crippen LogP) is 3.15. The first-order chi connectivity index (χ1) is 9.60. The second-order valence-corrected chi connectivity index (χ2v) is 6.50. The van der Waals surface area contributed by atoms with Crippen molar-refractivity contribution in [3.63, 3.8) is 0 Å². The van der Waals surface area contributed by atoms with Gasteiger partial charge in [-0.3, -0.25) is 9.59 Å². The van der Waals surface area contributed by atoms with E-state index >= 15 is 0 Å². The molecule has 0 saturated heterocycles. The highest BCUT2D eigenvalue weighted by atomic mass is 32.1. The highest BCUT2D eigenvalue weighted by molar-refractivity contribution is 7.14. The minimum atomic E-state index is -0.350. The van der Waals surface area contributed by atoms with Crippen LogP contribution in [0.5, 0.6) is 0 Å². The number of carbonyl (C=O) groups is 2. The van der Waals surface area contributed by atoms with Crippen molar-refractivity contribution in [2.75, 3.05) is 7.11 Å². The molecule has 0 aromatic carbocycles. The van der Waals surface area contributed by atoms with Gasteiger partial charge in [-0.05, 0) is 30.5 Å². The van der Waals surface area contributed by atoms with Crippen LogP contribution in [0.25, 0.3) is 0 Å². The van der Waals surface area contributed by atoms with Gasteiger partial charge in [0.15, 0.2) is 0 Å². The lowest BCUT2D eigenvalue weighted by Gasteiger charge is -2.15. The third kappa shape index (κ3) is 3.68. The van der Waals surface area contributed by atoms with Gasteiger partial charge in [0.2, 0.25) is 0 Å². The third-order valence-electron chi connectivity index (χ3n) is 2.75. The second-order valence-electron chi connectivity index (χ2n) is 4.23. The highest BCUT2D eigenvalue weighted by Crippen LogP contribution is 2.24. The van der Waals surface area contributed by atoms with Crippen molar-refractivity contribution in [3.05, 3.63) is 44.3 Å². The molecule has 1 unspecified atom stereocenters. The Morgan fingerprint density at radius 2 is 2.15 bits per heavy atom. The lowest BCUT2D eigenvalue weighted by Crippen LogP contribution is -2.29. The van der Waals surface area contributed by atoms with Crippen LogP contribution in [0.4, 0.5) is 0 Å². The van der Waals surface area contributed by atoms with E-state index < -0.39 is 0 Å². The normalized spacial score (nSPS) is 11.9. The monoisotopic (exact) mass is 309 g/mol. The van der Waals surface area contributed by atoms with Crippen LogP contribution in [0, 0.1) is 6.92 Å². The number of nitrogens with one attached hydrogen (secondary N) is 1. The van der Waals surface area contributed by atoms with Crippen LogP contribution in [0.15, 0.2) is 29.6 Å². The number of rotatable bonds is 5. The summed E-state index contributed by atoms with van der Waals surface area (Å²) in [5, 5.41) is 4.81. The van der Waals surface area contributed by atoms with Crippen molar-refractivity contribution < 1.29 is 14.3 Å². The molecule has 106 valence electrons. The van der Waals surface area contributed by atoms with Gasteiger partial charge in [0.05, 0.1) is 24.4 Å². The van der Waals surface area contributed by atoms with Gasteiger partial charge in [-0.15, -0.1) is 22.7 Å². The summed E-state index contributed by atoms with van der Waals surface area (Å²) in [5.74, 6) is -0.503. The van der Waals surface area contributed by atoms with Gasteiger partial charge >= 0.3 is 5.97 Å². The first kappa shape index (κ1) is 14.7. The van der Waals surface area contributed by atoms with E-state index in [0.717, 1.165) is 9.75 Å². The van der Waals surface area contributed by atoms with E-state index in [1.54, 1.807) is 6.07 Å². The molecule has 0 radical (unpaired) electrons. The standard InChI is InChI=1S/C14H15NO3S2/c1-9-5-6-12(20-9)14(17)15-10(8-13(16)18-2)11-4-3-7-19-11/h3-7,10H,8H2,1-2H3,(H,15,17). The summed E-state index contributed by atoms with van der Waals surface area (Å²) in [4.78, 5) is 26.3. The Bertz CT molecular complexity index is 589. The molecule has 1 amide bonds. The first-order valence-corrected chi connectivity index (χ1v) is 7.77. The van der Waals surface area contributed by atoms with Crippen LogP contribution in [-0.4, -0.2) is 19.0 Å². The number of ether oxygens (including phenoxy) is 1. The molecule has 2 rings (SSSR count). The summed E-state index contributed by atoms with van der Waals surface area (Å²) >= 11 is 2.94. The predicted molar refractivity (Wildman–Crippen MR) is 80.2 cm³/mol. The van der Waals surface area contributed by atoms with Crippen molar-refractivity contribution in [2.45, 2.75) is 19.4 Å². The molecule has 0 aliphatic rings. The molecule has 6 heteroatoms. The average Bonchev–Trinajstić information content (AvgIpc) is 3.08. The molecule has 2 aromatic heterocycles. The average molecular weight is 309 g/mol. The number of methoxy groups -OCH3 is 1. The quantitative estimate of drug-likeness (QED) is 0.863. The molecule has 1 atom stereocenters. The van der Waals surface area contributed by atoms with E-state index in [0.29, 0.717) is 4.88 Å². The van der Waals surface area contributed by atoms with Crippen LogP contribution in [-0.2, 0) is 9.53 Å². The Labute approximate surface area is 125 Å². The van der Waals surface area contributed by atoms with Crippen molar-refractivity contribution in [2.24, 2.45) is 0 Å². The Hall–Kier alpha value is -1.66. The molecule has 0 aliphatic heterocycles. The minimum absolute atomic E-state index is 0.132. The van der Waals surface area contributed by atoms with E-state index in [1.807, 2.05) is 30.5 Å². The maximum atomic E-state index is 12.2. The van der Waals surface area contributed by atoms with E-state index in [9.17, 15) is 9.59 Å². The van der Waals surface area contributed by atoms with Gasteiger partial charge < -0.3 is 10.1 Å². The number of thiophene rings is 2. The van der Waals surface area contributed by atoms with Gasteiger partial charge in [-0.1, -0.05) is 6.07 Å². The van der Waals surface area contributed by atoms with Crippen LogP contribution in [0.3, 0.4) is 0 Å². The summed E-state index contributed by atoms with van der Waals surface area (Å²) in [5.41, 5.74) is 0. The highest BCUT2D eigenvalue weighted by Gasteiger charge is 2.21. The zero-order valence-corrected chi connectivity index (χ0v) is 12.8. The lowest BCUT2D eigenvalue weighted by atomic mass is 10.1. The van der Waals surface area contributed by atoms with Gasteiger partial charge in [0.1, 0.15) is 0 Å². The number of amides is 1. The second kappa shape index (κ2) is 6.67.